The van der Waals surface area contributed by atoms with Gasteiger partial charge >= 0.3 is 5.97 Å². The number of carbonyl (C=O) groups is 1. The molecule has 1 aromatic heterocycles. The van der Waals surface area contributed by atoms with E-state index in [9.17, 15) is 4.79 Å². The van der Waals surface area contributed by atoms with Crippen LogP contribution >= 0.6 is 0 Å². The van der Waals surface area contributed by atoms with Crippen molar-refractivity contribution >= 4 is 5.97 Å². The van der Waals surface area contributed by atoms with Gasteiger partial charge < -0.3 is 9.63 Å². The third-order valence-electron chi connectivity index (χ3n) is 3.18. The van der Waals surface area contributed by atoms with Gasteiger partial charge in [0, 0.05) is 12.8 Å². The van der Waals surface area contributed by atoms with E-state index in [1.807, 2.05) is 0 Å². The summed E-state index contributed by atoms with van der Waals surface area (Å²) >= 11 is 0. The summed E-state index contributed by atoms with van der Waals surface area (Å²) in [6, 6.07) is 8.42. The monoisotopic (exact) mass is 302 g/mol. The minimum absolute atomic E-state index is 0.00311. The van der Waals surface area contributed by atoms with E-state index in [4.69, 9.17) is 9.63 Å². The number of aliphatic carboxylic acids is 1. The third kappa shape index (κ3) is 5.31. The van der Waals surface area contributed by atoms with Crippen LogP contribution in [0.4, 0.5) is 0 Å². The van der Waals surface area contributed by atoms with E-state index in [0.717, 1.165) is 12.0 Å². The second kappa shape index (κ2) is 6.73. The van der Waals surface area contributed by atoms with Gasteiger partial charge in [0.25, 0.3) is 0 Å². The van der Waals surface area contributed by atoms with Gasteiger partial charge in [-0.3, -0.25) is 4.79 Å². The molecule has 1 aromatic carbocycles. The van der Waals surface area contributed by atoms with Gasteiger partial charge in [-0.05, 0) is 23.0 Å². The minimum atomic E-state index is -0.866. The fourth-order valence-corrected chi connectivity index (χ4v) is 2.25. The Kier molecular flexibility index (Phi) is 4.96. The molecule has 5 heteroatoms. The number of rotatable bonds is 6. The van der Waals surface area contributed by atoms with Crippen molar-refractivity contribution in [1.29, 1.82) is 0 Å². The fourth-order valence-electron chi connectivity index (χ4n) is 2.25. The molecule has 1 heterocycles. The SMILES string of the molecule is CC(C)(C)Cc1ccc(Cc2noc(CCC(=O)O)n2)cc1. The molecule has 0 spiro atoms. The van der Waals surface area contributed by atoms with Crippen molar-refractivity contribution in [2.24, 2.45) is 5.41 Å². The first kappa shape index (κ1) is 16.2. The quantitative estimate of drug-likeness (QED) is 0.886. The highest BCUT2D eigenvalue weighted by Crippen LogP contribution is 2.21. The van der Waals surface area contributed by atoms with Gasteiger partial charge in [0.2, 0.25) is 5.89 Å². The van der Waals surface area contributed by atoms with E-state index in [1.54, 1.807) is 0 Å². The molecule has 2 aromatic rings. The Hall–Kier alpha value is -2.17. The van der Waals surface area contributed by atoms with Crippen LogP contribution in [0, 0.1) is 5.41 Å². The maximum absolute atomic E-state index is 10.5. The van der Waals surface area contributed by atoms with Gasteiger partial charge in [-0.1, -0.05) is 50.2 Å². The van der Waals surface area contributed by atoms with E-state index in [2.05, 4.69) is 55.2 Å². The normalized spacial score (nSPS) is 11.6. The topological polar surface area (TPSA) is 76.2 Å². The van der Waals surface area contributed by atoms with Gasteiger partial charge in [-0.15, -0.1) is 0 Å². The molecule has 22 heavy (non-hydrogen) atoms. The van der Waals surface area contributed by atoms with E-state index >= 15 is 0 Å². The molecule has 2 rings (SSSR count). The zero-order chi connectivity index (χ0) is 16.2. The number of carboxylic acid groups (broad SMARTS) is 1. The van der Waals surface area contributed by atoms with Gasteiger partial charge in [-0.2, -0.15) is 4.98 Å². The molecule has 118 valence electrons. The standard InChI is InChI=1S/C17H22N2O3/c1-17(2,3)11-13-6-4-12(5-7-13)10-14-18-15(22-19-14)8-9-16(20)21/h4-7H,8-11H2,1-3H3,(H,20,21). The second-order valence-electron chi connectivity index (χ2n) is 6.73. The number of hydrogen-bond donors (Lipinski definition) is 1. The predicted octanol–water partition coefficient (Wildman–Crippen LogP) is 3.27. The summed E-state index contributed by atoms with van der Waals surface area (Å²) in [4.78, 5) is 14.7. The van der Waals surface area contributed by atoms with Crippen molar-refractivity contribution in [2.75, 3.05) is 0 Å². The van der Waals surface area contributed by atoms with Crippen LogP contribution in [0.5, 0.6) is 0 Å². The highest BCUT2D eigenvalue weighted by atomic mass is 16.5. The van der Waals surface area contributed by atoms with Crippen LogP contribution in [-0.4, -0.2) is 21.2 Å². The first-order valence-electron chi connectivity index (χ1n) is 7.43. The Morgan fingerprint density at radius 2 is 1.82 bits per heavy atom. The van der Waals surface area contributed by atoms with Crippen molar-refractivity contribution < 1.29 is 14.4 Å². The van der Waals surface area contributed by atoms with Crippen molar-refractivity contribution in [3.8, 4) is 0 Å². The molecule has 0 amide bonds. The fraction of sp³-hybridized carbons (Fsp3) is 0.471. The first-order chi connectivity index (χ1) is 10.3. The minimum Gasteiger partial charge on any atom is -0.481 e. The molecule has 0 aliphatic carbocycles. The van der Waals surface area contributed by atoms with Crippen LogP contribution in [0.1, 0.15) is 50.0 Å². The molecule has 5 nitrogen and oxygen atoms in total. The summed E-state index contributed by atoms with van der Waals surface area (Å²) in [5.41, 5.74) is 2.70. The van der Waals surface area contributed by atoms with Crippen molar-refractivity contribution in [2.45, 2.75) is 46.5 Å². The zero-order valence-corrected chi connectivity index (χ0v) is 13.3. The Bertz CT molecular complexity index is 624. The highest BCUT2D eigenvalue weighted by Gasteiger charge is 2.12. The molecular formula is C17H22N2O3. The summed E-state index contributed by atoms with van der Waals surface area (Å²) < 4.78 is 5.05. The van der Waals surface area contributed by atoms with Crippen LogP contribution in [0.15, 0.2) is 28.8 Å². The molecular weight excluding hydrogens is 280 g/mol. The lowest BCUT2D eigenvalue weighted by molar-refractivity contribution is -0.137. The number of aromatic nitrogens is 2. The molecule has 0 fully saturated rings. The number of hydrogen-bond acceptors (Lipinski definition) is 4. The smallest absolute Gasteiger partial charge is 0.303 e. The third-order valence-corrected chi connectivity index (χ3v) is 3.18. The van der Waals surface area contributed by atoms with Crippen LogP contribution in [0.2, 0.25) is 0 Å². The van der Waals surface area contributed by atoms with Crippen LogP contribution in [0.25, 0.3) is 0 Å². The van der Waals surface area contributed by atoms with E-state index < -0.39 is 5.97 Å². The van der Waals surface area contributed by atoms with Gasteiger partial charge in [0.15, 0.2) is 5.82 Å². The first-order valence-corrected chi connectivity index (χ1v) is 7.43. The van der Waals surface area contributed by atoms with Crippen molar-refractivity contribution in [1.82, 2.24) is 10.1 Å². The zero-order valence-electron chi connectivity index (χ0n) is 13.3. The summed E-state index contributed by atoms with van der Waals surface area (Å²) in [7, 11) is 0. The molecule has 1 N–H and O–H groups in total. The number of aryl methyl sites for hydroxylation is 1. The summed E-state index contributed by atoms with van der Waals surface area (Å²) in [5, 5.41) is 12.5. The van der Waals surface area contributed by atoms with Crippen LogP contribution in [0.3, 0.4) is 0 Å². The largest absolute Gasteiger partial charge is 0.481 e. The molecule has 0 bridgehead atoms. The Morgan fingerprint density at radius 3 is 2.41 bits per heavy atom. The average molecular weight is 302 g/mol. The lowest BCUT2D eigenvalue weighted by Crippen LogP contribution is -2.09. The van der Waals surface area contributed by atoms with Gasteiger partial charge in [0.1, 0.15) is 0 Å². The maximum atomic E-state index is 10.5. The molecule has 0 saturated carbocycles. The number of nitrogens with zero attached hydrogens (tertiary/aromatic N) is 2. The predicted molar refractivity (Wildman–Crippen MR) is 82.7 cm³/mol. The van der Waals surface area contributed by atoms with Gasteiger partial charge in [0.05, 0.1) is 6.42 Å². The summed E-state index contributed by atoms with van der Waals surface area (Å²) in [5.74, 6) is 0.0971. The van der Waals surface area contributed by atoms with Crippen LogP contribution < -0.4 is 0 Å². The van der Waals surface area contributed by atoms with Crippen LogP contribution in [-0.2, 0) is 24.1 Å². The lowest BCUT2D eigenvalue weighted by atomic mass is 9.88. The molecule has 0 aliphatic heterocycles. The Labute approximate surface area is 130 Å². The molecule has 0 aliphatic rings. The molecule has 0 unspecified atom stereocenters. The lowest BCUT2D eigenvalue weighted by Gasteiger charge is -2.18. The van der Waals surface area contributed by atoms with E-state index in [-0.39, 0.29) is 18.3 Å². The van der Waals surface area contributed by atoms with Gasteiger partial charge in [-0.25, -0.2) is 0 Å². The van der Waals surface area contributed by atoms with Crippen molar-refractivity contribution in [3.05, 3.63) is 47.1 Å². The van der Waals surface area contributed by atoms with E-state index in [0.29, 0.717) is 18.1 Å². The maximum Gasteiger partial charge on any atom is 0.303 e. The average Bonchev–Trinajstić information content (AvgIpc) is 2.85. The highest BCUT2D eigenvalue weighted by molar-refractivity contribution is 5.66. The number of benzene rings is 1. The number of carboxylic acids is 1. The molecule has 0 saturated heterocycles. The van der Waals surface area contributed by atoms with E-state index in [1.165, 1.54) is 5.56 Å². The second-order valence-corrected chi connectivity index (χ2v) is 6.73. The molecule has 0 radical (unpaired) electrons. The Balaban J connectivity index is 1.95. The summed E-state index contributed by atoms with van der Waals surface area (Å²) in [6.07, 6.45) is 1.90. The summed E-state index contributed by atoms with van der Waals surface area (Å²) in [6.45, 7) is 6.66. The Morgan fingerprint density at radius 1 is 1.18 bits per heavy atom. The molecule has 0 atom stereocenters. The van der Waals surface area contributed by atoms with Crippen molar-refractivity contribution in [3.63, 3.8) is 0 Å².